The molecule has 1 aromatic heterocycles. The van der Waals surface area contributed by atoms with Crippen molar-refractivity contribution in [1.29, 1.82) is 0 Å². The number of nitrogens with zero attached hydrogens (tertiary/aromatic N) is 2. The van der Waals surface area contributed by atoms with Gasteiger partial charge in [0.2, 0.25) is 0 Å². The zero-order valence-electron chi connectivity index (χ0n) is 5.41. The molecule has 1 aromatic rings. The number of hydrogen-bond donors (Lipinski definition) is 1. The highest BCUT2D eigenvalue weighted by atomic mass is 16.3. The van der Waals surface area contributed by atoms with E-state index in [-0.39, 0.29) is 6.61 Å². The summed E-state index contributed by atoms with van der Waals surface area (Å²) in [6, 6.07) is 0. The van der Waals surface area contributed by atoms with Crippen LogP contribution < -0.4 is 0 Å². The molecule has 3 heteroatoms. The molecule has 0 spiro atoms. The quantitative estimate of drug-likeness (QED) is 0.614. The largest absolute Gasteiger partial charge is 0.394 e. The van der Waals surface area contributed by atoms with Crippen LogP contribution in [0.4, 0.5) is 0 Å². The summed E-state index contributed by atoms with van der Waals surface area (Å²) in [6.07, 6.45) is 3.67. The third-order valence-electron chi connectivity index (χ3n) is 1.09. The number of aromatic nitrogens is 2. The van der Waals surface area contributed by atoms with E-state index in [1.54, 1.807) is 10.9 Å². The van der Waals surface area contributed by atoms with Crippen molar-refractivity contribution in [2.45, 2.75) is 13.5 Å². The summed E-state index contributed by atoms with van der Waals surface area (Å²) in [5.74, 6) is 0. The van der Waals surface area contributed by atoms with E-state index in [2.05, 4.69) is 5.10 Å². The van der Waals surface area contributed by atoms with Gasteiger partial charge in [0.25, 0.3) is 0 Å². The van der Waals surface area contributed by atoms with Gasteiger partial charge in [-0.3, -0.25) is 4.68 Å². The van der Waals surface area contributed by atoms with E-state index in [0.29, 0.717) is 6.54 Å². The van der Waals surface area contributed by atoms with E-state index in [1.807, 2.05) is 13.1 Å². The molecule has 0 fully saturated rings. The molecule has 0 amide bonds. The molecule has 1 N–H and O–H groups in total. The molecule has 0 aliphatic heterocycles. The monoisotopic (exact) mass is 126 g/mol. The van der Waals surface area contributed by atoms with Gasteiger partial charge in [-0.15, -0.1) is 0 Å². The summed E-state index contributed by atoms with van der Waals surface area (Å²) >= 11 is 0. The first-order chi connectivity index (χ1) is 4.33. The molecule has 1 heterocycles. The van der Waals surface area contributed by atoms with E-state index in [0.717, 1.165) is 5.56 Å². The molecule has 0 aromatic carbocycles. The van der Waals surface area contributed by atoms with Crippen molar-refractivity contribution in [2.75, 3.05) is 6.61 Å². The van der Waals surface area contributed by atoms with Crippen molar-refractivity contribution in [2.24, 2.45) is 0 Å². The molecule has 0 saturated carbocycles. The number of aliphatic hydroxyl groups is 1. The van der Waals surface area contributed by atoms with Gasteiger partial charge in [-0.2, -0.15) is 5.10 Å². The van der Waals surface area contributed by atoms with Gasteiger partial charge in [0, 0.05) is 6.20 Å². The number of aryl methyl sites for hydroxylation is 1. The highest BCUT2D eigenvalue weighted by Gasteiger charge is 1.89. The molecule has 0 bridgehead atoms. The Morgan fingerprint density at radius 3 is 3.00 bits per heavy atom. The van der Waals surface area contributed by atoms with Crippen LogP contribution in [0.2, 0.25) is 0 Å². The van der Waals surface area contributed by atoms with E-state index >= 15 is 0 Å². The Balaban J connectivity index is 2.61. The van der Waals surface area contributed by atoms with E-state index in [9.17, 15) is 0 Å². The molecule has 0 aliphatic carbocycles. The molecule has 9 heavy (non-hydrogen) atoms. The lowest BCUT2D eigenvalue weighted by atomic mass is 10.4. The van der Waals surface area contributed by atoms with Gasteiger partial charge in [-0.05, 0) is 12.5 Å². The maximum atomic E-state index is 8.47. The molecule has 0 saturated heterocycles. The lowest BCUT2D eigenvalue weighted by molar-refractivity contribution is 0.269. The summed E-state index contributed by atoms with van der Waals surface area (Å²) in [5.41, 5.74) is 1.13. The SMILES string of the molecule is Cc1cnn(CCO)c1. The summed E-state index contributed by atoms with van der Waals surface area (Å²) in [6.45, 7) is 2.72. The maximum absolute atomic E-state index is 8.47. The van der Waals surface area contributed by atoms with Crippen LogP contribution in [-0.4, -0.2) is 21.5 Å². The van der Waals surface area contributed by atoms with Crippen LogP contribution in [0.3, 0.4) is 0 Å². The Bertz CT molecular complexity index is 183. The van der Waals surface area contributed by atoms with Gasteiger partial charge in [-0.25, -0.2) is 0 Å². The molecule has 0 unspecified atom stereocenters. The second kappa shape index (κ2) is 2.64. The molecule has 50 valence electrons. The molecular weight excluding hydrogens is 116 g/mol. The third kappa shape index (κ3) is 1.54. The molecule has 0 radical (unpaired) electrons. The maximum Gasteiger partial charge on any atom is 0.0640 e. The lowest BCUT2D eigenvalue weighted by Gasteiger charge is -1.92. The van der Waals surface area contributed by atoms with Crippen molar-refractivity contribution in [3.05, 3.63) is 18.0 Å². The van der Waals surface area contributed by atoms with Crippen LogP contribution in [0.15, 0.2) is 12.4 Å². The second-order valence-electron chi connectivity index (χ2n) is 2.00. The fraction of sp³-hybridized carbons (Fsp3) is 0.500. The first kappa shape index (κ1) is 6.29. The van der Waals surface area contributed by atoms with Gasteiger partial charge in [-0.1, -0.05) is 0 Å². The van der Waals surface area contributed by atoms with Gasteiger partial charge >= 0.3 is 0 Å². The predicted octanol–water partition coefficient (Wildman–Crippen LogP) is 0.184. The van der Waals surface area contributed by atoms with Crippen molar-refractivity contribution >= 4 is 0 Å². The van der Waals surface area contributed by atoms with Gasteiger partial charge in [0.15, 0.2) is 0 Å². The summed E-state index contributed by atoms with van der Waals surface area (Å²) in [5, 5.41) is 12.4. The summed E-state index contributed by atoms with van der Waals surface area (Å²) < 4.78 is 1.72. The minimum atomic E-state index is 0.154. The summed E-state index contributed by atoms with van der Waals surface area (Å²) in [7, 11) is 0. The van der Waals surface area contributed by atoms with Crippen LogP contribution in [0.25, 0.3) is 0 Å². The Labute approximate surface area is 53.9 Å². The van der Waals surface area contributed by atoms with Crippen molar-refractivity contribution in [1.82, 2.24) is 9.78 Å². The van der Waals surface area contributed by atoms with Crippen molar-refractivity contribution in [3.8, 4) is 0 Å². The minimum Gasteiger partial charge on any atom is -0.394 e. The average Bonchev–Trinajstić information content (AvgIpc) is 2.17. The van der Waals surface area contributed by atoms with Gasteiger partial charge in [0.1, 0.15) is 0 Å². The van der Waals surface area contributed by atoms with Crippen LogP contribution in [0.1, 0.15) is 5.56 Å². The fourth-order valence-corrected chi connectivity index (χ4v) is 0.692. The number of aliphatic hydroxyl groups excluding tert-OH is 1. The number of rotatable bonds is 2. The topological polar surface area (TPSA) is 38.0 Å². The lowest BCUT2D eigenvalue weighted by Crippen LogP contribution is -2.01. The Morgan fingerprint density at radius 1 is 1.78 bits per heavy atom. The smallest absolute Gasteiger partial charge is 0.0640 e. The highest BCUT2D eigenvalue weighted by Crippen LogP contribution is 1.92. The Kier molecular flexibility index (Phi) is 1.85. The Hall–Kier alpha value is -0.830. The van der Waals surface area contributed by atoms with E-state index < -0.39 is 0 Å². The van der Waals surface area contributed by atoms with E-state index in [1.165, 1.54) is 0 Å². The molecule has 0 aliphatic rings. The minimum absolute atomic E-state index is 0.154. The standard InChI is InChI=1S/C6H10N2O/c1-6-4-7-8(5-6)2-3-9/h4-5,9H,2-3H2,1H3. The van der Waals surface area contributed by atoms with Crippen LogP contribution in [-0.2, 0) is 6.54 Å². The highest BCUT2D eigenvalue weighted by molar-refractivity contribution is 4.99. The summed E-state index contributed by atoms with van der Waals surface area (Å²) in [4.78, 5) is 0. The predicted molar refractivity (Wildman–Crippen MR) is 34.0 cm³/mol. The number of hydrogen-bond acceptors (Lipinski definition) is 2. The Morgan fingerprint density at radius 2 is 2.56 bits per heavy atom. The van der Waals surface area contributed by atoms with Crippen LogP contribution in [0.5, 0.6) is 0 Å². The second-order valence-corrected chi connectivity index (χ2v) is 2.00. The zero-order valence-corrected chi connectivity index (χ0v) is 5.41. The average molecular weight is 126 g/mol. The van der Waals surface area contributed by atoms with Crippen LogP contribution >= 0.6 is 0 Å². The fourth-order valence-electron chi connectivity index (χ4n) is 0.692. The first-order valence-electron chi connectivity index (χ1n) is 2.93. The normalized spacial score (nSPS) is 10.0. The van der Waals surface area contributed by atoms with Crippen molar-refractivity contribution < 1.29 is 5.11 Å². The van der Waals surface area contributed by atoms with Crippen molar-refractivity contribution in [3.63, 3.8) is 0 Å². The van der Waals surface area contributed by atoms with Gasteiger partial charge in [0.05, 0.1) is 19.3 Å². The third-order valence-corrected chi connectivity index (χ3v) is 1.09. The molecule has 3 nitrogen and oxygen atoms in total. The zero-order chi connectivity index (χ0) is 6.69. The first-order valence-corrected chi connectivity index (χ1v) is 2.93. The van der Waals surface area contributed by atoms with Crippen LogP contribution in [0, 0.1) is 6.92 Å². The molecular formula is C6H10N2O. The van der Waals surface area contributed by atoms with E-state index in [4.69, 9.17) is 5.11 Å². The molecule has 1 rings (SSSR count). The van der Waals surface area contributed by atoms with Gasteiger partial charge < -0.3 is 5.11 Å². The molecule has 0 atom stereocenters.